The molecule has 0 bridgehead atoms. The van der Waals surface area contributed by atoms with E-state index in [-0.39, 0.29) is 18.0 Å². The number of benzene rings is 1. The minimum atomic E-state index is -0.192. The molecule has 1 aliphatic rings. The zero-order valence-electron chi connectivity index (χ0n) is 11.0. The van der Waals surface area contributed by atoms with Crippen molar-refractivity contribution in [2.24, 2.45) is 5.73 Å². The summed E-state index contributed by atoms with van der Waals surface area (Å²) < 4.78 is 19.2. The van der Waals surface area contributed by atoms with E-state index >= 15 is 0 Å². The van der Waals surface area contributed by atoms with E-state index < -0.39 is 0 Å². The Hall–Kier alpha value is -1.13. The van der Waals surface area contributed by atoms with Crippen LogP contribution in [0.4, 0.5) is 10.1 Å². The van der Waals surface area contributed by atoms with Crippen molar-refractivity contribution in [1.82, 2.24) is 0 Å². The first-order chi connectivity index (χ1) is 8.60. The summed E-state index contributed by atoms with van der Waals surface area (Å²) in [5.41, 5.74) is 7.42. The second kappa shape index (κ2) is 5.67. The molecule has 0 amide bonds. The molecule has 1 fully saturated rings. The fourth-order valence-electron chi connectivity index (χ4n) is 2.37. The molecule has 0 aliphatic carbocycles. The molecule has 1 saturated heterocycles. The SMILES string of the molecule is CC1CN(c2cc(F)cc(CCN)c2)C(C)CO1. The van der Waals surface area contributed by atoms with Crippen LogP contribution < -0.4 is 10.6 Å². The predicted octanol–water partition coefficient (Wildman–Crippen LogP) is 1.94. The van der Waals surface area contributed by atoms with Crippen LogP contribution in [0.5, 0.6) is 0 Å². The van der Waals surface area contributed by atoms with E-state index in [9.17, 15) is 4.39 Å². The van der Waals surface area contributed by atoms with Crippen molar-refractivity contribution >= 4 is 5.69 Å². The normalized spacial score (nSPS) is 24.3. The van der Waals surface area contributed by atoms with Crippen LogP contribution in [0.2, 0.25) is 0 Å². The lowest BCUT2D eigenvalue weighted by atomic mass is 10.1. The van der Waals surface area contributed by atoms with Crippen LogP contribution >= 0.6 is 0 Å². The summed E-state index contributed by atoms with van der Waals surface area (Å²) in [5, 5.41) is 0. The quantitative estimate of drug-likeness (QED) is 0.893. The maximum Gasteiger partial charge on any atom is 0.125 e. The van der Waals surface area contributed by atoms with Crippen molar-refractivity contribution in [2.45, 2.75) is 32.4 Å². The van der Waals surface area contributed by atoms with Gasteiger partial charge in [0.2, 0.25) is 0 Å². The van der Waals surface area contributed by atoms with Gasteiger partial charge < -0.3 is 15.4 Å². The van der Waals surface area contributed by atoms with Crippen LogP contribution in [0, 0.1) is 5.82 Å². The molecule has 100 valence electrons. The largest absolute Gasteiger partial charge is 0.375 e. The molecule has 1 aromatic rings. The van der Waals surface area contributed by atoms with Gasteiger partial charge in [-0.15, -0.1) is 0 Å². The molecule has 4 heteroatoms. The number of ether oxygens (including phenoxy) is 1. The smallest absolute Gasteiger partial charge is 0.125 e. The molecular weight excluding hydrogens is 231 g/mol. The molecule has 2 N–H and O–H groups in total. The molecule has 2 unspecified atom stereocenters. The predicted molar refractivity (Wildman–Crippen MR) is 71.4 cm³/mol. The van der Waals surface area contributed by atoms with Crippen LogP contribution in [0.3, 0.4) is 0 Å². The van der Waals surface area contributed by atoms with Gasteiger partial charge in [0.15, 0.2) is 0 Å². The van der Waals surface area contributed by atoms with Gasteiger partial charge in [-0.2, -0.15) is 0 Å². The van der Waals surface area contributed by atoms with E-state index in [1.54, 1.807) is 12.1 Å². The number of nitrogens with two attached hydrogens (primary N) is 1. The molecule has 18 heavy (non-hydrogen) atoms. The Balaban J connectivity index is 2.25. The van der Waals surface area contributed by atoms with E-state index in [0.717, 1.165) is 17.8 Å². The highest BCUT2D eigenvalue weighted by Gasteiger charge is 2.24. The number of anilines is 1. The molecule has 0 radical (unpaired) electrons. The van der Waals surface area contributed by atoms with Crippen LogP contribution in [0.25, 0.3) is 0 Å². The van der Waals surface area contributed by atoms with Gasteiger partial charge in [0.25, 0.3) is 0 Å². The van der Waals surface area contributed by atoms with E-state index in [1.807, 2.05) is 13.0 Å². The summed E-state index contributed by atoms with van der Waals surface area (Å²) >= 11 is 0. The fraction of sp³-hybridized carbons (Fsp3) is 0.571. The minimum Gasteiger partial charge on any atom is -0.375 e. The molecule has 0 spiro atoms. The van der Waals surface area contributed by atoms with E-state index in [1.165, 1.54) is 0 Å². The Kier molecular flexibility index (Phi) is 4.19. The number of morpholine rings is 1. The molecule has 0 saturated carbocycles. The Bertz CT molecular complexity index is 411. The van der Waals surface area contributed by atoms with Gasteiger partial charge in [-0.3, -0.25) is 0 Å². The molecule has 1 aliphatic heterocycles. The topological polar surface area (TPSA) is 38.5 Å². The first-order valence-corrected chi connectivity index (χ1v) is 6.48. The van der Waals surface area contributed by atoms with Gasteiger partial charge in [-0.1, -0.05) is 0 Å². The number of hydrogen-bond acceptors (Lipinski definition) is 3. The van der Waals surface area contributed by atoms with Crippen molar-refractivity contribution in [3.8, 4) is 0 Å². The van der Waals surface area contributed by atoms with Crippen molar-refractivity contribution in [2.75, 3.05) is 24.6 Å². The molecule has 0 aromatic heterocycles. The van der Waals surface area contributed by atoms with Gasteiger partial charge in [0.1, 0.15) is 5.82 Å². The van der Waals surface area contributed by atoms with E-state index in [4.69, 9.17) is 10.5 Å². The molecule has 3 nitrogen and oxygen atoms in total. The van der Waals surface area contributed by atoms with Crippen LogP contribution in [0.15, 0.2) is 18.2 Å². The second-order valence-corrected chi connectivity index (χ2v) is 5.00. The lowest BCUT2D eigenvalue weighted by molar-refractivity contribution is 0.0343. The average molecular weight is 252 g/mol. The average Bonchev–Trinajstić information content (AvgIpc) is 2.32. The fourth-order valence-corrected chi connectivity index (χ4v) is 2.37. The zero-order valence-corrected chi connectivity index (χ0v) is 11.0. The van der Waals surface area contributed by atoms with Crippen molar-refractivity contribution in [3.63, 3.8) is 0 Å². The number of halogens is 1. The highest BCUT2D eigenvalue weighted by atomic mass is 19.1. The molecule has 1 heterocycles. The van der Waals surface area contributed by atoms with Gasteiger partial charge in [-0.05, 0) is 50.6 Å². The van der Waals surface area contributed by atoms with E-state index in [2.05, 4.69) is 11.8 Å². The number of hydrogen-bond donors (Lipinski definition) is 1. The summed E-state index contributed by atoms with van der Waals surface area (Å²) in [7, 11) is 0. The lowest BCUT2D eigenvalue weighted by Gasteiger charge is -2.38. The minimum absolute atomic E-state index is 0.183. The third-order valence-electron chi connectivity index (χ3n) is 3.31. The van der Waals surface area contributed by atoms with Crippen LogP contribution in [0.1, 0.15) is 19.4 Å². The van der Waals surface area contributed by atoms with Crippen LogP contribution in [-0.2, 0) is 11.2 Å². The summed E-state index contributed by atoms with van der Waals surface area (Å²) in [6, 6.07) is 5.46. The number of nitrogens with zero attached hydrogens (tertiary/aromatic N) is 1. The Morgan fingerprint density at radius 2 is 2.17 bits per heavy atom. The maximum atomic E-state index is 13.6. The summed E-state index contributed by atoms with van der Waals surface area (Å²) in [6.07, 6.45) is 0.890. The summed E-state index contributed by atoms with van der Waals surface area (Å²) in [4.78, 5) is 2.21. The summed E-state index contributed by atoms with van der Waals surface area (Å²) in [6.45, 7) is 6.16. The monoisotopic (exact) mass is 252 g/mol. The van der Waals surface area contributed by atoms with Gasteiger partial charge >= 0.3 is 0 Å². The molecular formula is C14H21FN2O. The molecule has 2 atom stereocenters. The van der Waals surface area contributed by atoms with Crippen molar-refractivity contribution in [3.05, 3.63) is 29.6 Å². The highest BCUT2D eigenvalue weighted by molar-refractivity contribution is 5.50. The van der Waals surface area contributed by atoms with E-state index in [0.29, 0.717) is 19.6 Å². The standard InChI is InChI=1S/C14H21FN2O/c1-10-9-18-11(2)8-17(10)14-6-12(3-4-16)5-13(15)7-14/h5-7,10-11H,3-4,8-9,16H2,1-2H3. The third-order valence-corrected chi connectivity index (χ3v) is 3.31. The van der Waals surface area contributed by atoms with Crippen molar-refractivity contribution in [1.29, 1.82) is 0 Å². The van der Waals surface area contributed by atoms with Gasteiger partial charge in [0.05, 0.1) is 12.7 Å². The van der Waals surface area contributed by atoms with Crippen molar-refractivity contribution < 1.29 is 9.13 Å². The maximum absolute atomic E-state index is 13.6. The Morgan fingerprint density at radius 1 is 1.39 bits per heavy atom. The second-order valence-electron chi connectivity index (χ2n) is 5.00. The first kappa shape index (κ1) is 13.3. The lowest BCUT2D eigenvalue weighted by Crippen LogP contribution is -2.47. The van der Waals surface area contributed by atoms with Gasteiger partial charge in [-0.25, -0.2) is 4.39 Å². The number of rotatable bonds is 3. The Morgan fingerprint density at radius 3 is 2.89 bits per heavy atom. The Labute approximate surface area is 108 Å². The summed E-state index contributed by atoms with van der Waals surface area (Å²) in [5.74, 6) is -0.192. The molecule has 2 rings (SSSR count). The highest BCUT2D eigenvalue weighted by Crippen LogP contribution is 2.24. The van der Waals surface area contributed by atoms with Gasteiger partial charge in [0, 0.05) is 18.3 Å². The van der Waals surface area contributed by atoms with Crippen LogP contribution in [-0.4, -0.2) is 31.8 Å². The molecule has 1 aromatic carbocycles. The zero-order chi connectivity index (χ0) is 13.1. The first-order valence-electron chi connectivity index (χ1n) is 6.48. The third kappa shape index (κ3) is 3.00.